The van der Waals surface area contributed by atoms with Crippen LogP contribution in [0.3, 0.4) is 0 Å². The molecular weight excluding hydrogens is 304 g/mol. The molecule has 6 nitrogen and oxygen atoms in total. The monoisotopic (exact) mass is 316 g/mol. The molecule has 0 fully saturated rings. The number of amides is 1. The molecule has 0 aliphatic rings. The van der Waals surface area contributed by atoms with Crippen molar-refractivity contribution < 1.29 is 4.79 Å². The molecule has 0 radical (unpaired) electrons. The Kier molecular flexibility index (Phi) is 4.17. The van der Waals surface area contributed by atoms with Gasteiger partial charge in [0.25, 0.3) is 11.5 Å². The van der Waals surface area contributed by atoms with Crippen LogP contribution in [0, 0.1) is 11.3 Å². The lowest BCUT2D eigenvalue weighted by Crippen LogP contribution is -2.23. The van der Waals surface area contributed by atoms with E-state index in [1.165, 1.54) is 12.1 Å². The van der Waals surface area contributed by atoms with Gasteiger partial charge in [-0.3, -0.25) is 14.6 Å². The van der Waals surface area contributed by atoms with Crippen LogP contribution in [0.2, 0.25) is 0 Å². The zero-order valence-electron chi connectivity index (χ0n) is 12.5. The van der Waals surface area contributed by atoms with E-state index in [0.29, 0.717) is 16.9 Å². The van der Waals surface area contributed by atoms with Crippen molar-refractivity contribution in [3.05, 3.63) is 82.4 Å². The molecule has 0 atom stereocenters. The van der Waals surface area contributed by atoms with E-state index in [1.807, 2.05) is 6.07 Å². The van der Waals surface area contributed by atoms with Gasteiger partial charge in [-0.1, -0.05) is 6.07 Å². The highest BCUT2D eigenvalue weighted by Crippen LogP contribution is 2.15. The lowest BCUT2D eigenvalue weighted by Gasteiger charge is -2.06. The number of hydrogen-bond acceptors (Lipinski definition) is 4. The second-order valence-corrected chi connectivity index (χ2v) is 5.00. The highest BCUT2D eigenvalue weighted by molar-refractivity contribution is 6.04. The van der Waals surface area contributed by atoms with E-state index in [4.69, 9.17) is 5.26 Å². The van der Waals surface area contributed by atoms with Crippen molar-refractivity contribution in [2.45, 2.75) is 0 Å². The van der Waals surface area contributed by atoms with E-state index in [9.17, 15) is 9.59 Å². The summed E-state index contributed by atoms with van der Waals surface area (Å²) in [7, 11) is 0. The average molecular weight is 316 g/mol. The Labute approximate surface area is 137 Å². The van der Waals surface area contributed by atoms with Gasteiger partial charge >= 0.3 is 0 Å². The zero-order chi connectivity index (χ0) is 16.9. The molecule has 0 unspecified atom stereocenters. The number of rotatable bonds is 3. The van der Waals surface area contributed by atoms with Gasteiger partial charge in [-0.15, -0.1) is 0 Å². The van der Waals surface area contributed by atoms with E-state index in [1.54, 1.807) is 48.8 Å². The number of nitrogens with one attached hydrogen (secondary N) is 2. The summed E-state index contributed by atoms with van der Waals surface area (Å²) in [6.07, 6.45) is 3.24. The number of nitriles is 1. The van der Waals surface area contributed by atoms with E-state index >= 15 is 0 Å². The number of hydrogen-bond donors (Lipinski definition) is 2. The Balaban J connectivity index is 1.86. The number of nitrogens with zero attached hydrogens (tertiary/aromatic N) is 2. The molecular formula is C18H12N4O2. The number of aromatic nitrogens is 2. The third-order valence-electron chi connectivity index (χ3n) is 3.39. The second kappa shape index (κ2) is 6.58. The van der Waals surface area contributed by atoms with Gasteiger partial charge in [0.1, 0.15) is 5.56 Å². The van der Waals surface area contributed by atoms with Crippen LogP contribution in [-0.4, -0.2) is 15.9 Å². The van der Waals surface area contributed by atoms with Crippen molar-refractivity contribution in [2.75, 3.05) is 5.32 Å². The highest BCUT2D eigenvalue weighted by Gasteiger charge is 2.12. The van der Waals surface area contributed by atoms with Gasteiger partial charge in [-0.25, -0.2) is 0 Å². The molecule has 2 N–H and O–H groups in total. The van der Waals surface area contributed by atoms with Gasteiger partial charge in [0.05, 0.1) is 11.6 Å². The Bertz CT molecular complexity index is 988. The molecule has 1 aromatic carbocycles. The van der Waals surface area contributed by atoms with Crippen LogP contribution >= 0.6 is 0 Å². The van der Waals surface area contributed by atoms with Crippen LogP contribution in [0.1, 0.15) is 15.9 Å². The lowest BCUT2D eigenvalue weighted by molar-refractivity contribution is 0.102. The summed E-state index contributed by atoms with van der Waals surface area (Å²) in [5, 5.41) is 11.5. The quantitative estimate of drug-likeness (QED) is 0.775. The standard InChI is InChI=1S/C18H12N4O2/c19-11-12-2-1-3-14(10-12)21-17(23)15-4-5-16(22-18(15)24)13-6-8-20-9-7-13/h1-10H,(H,21,23)(H,22,24). The molecule has 24 heavy (non-hydrogen) atoms. The van der Waals surface area contributed by atoms with Gasteiger partial charge in [-0.2, -0.15) is 5.26 Å². The summed E-state index contributed by atoms with van der Waals surface area (Å²) >= 11 is 0. The molecule has 2 heterocycles. The Morgan fingerprint density at radius 2 is 1.92 bits per heavy atom. The third kappa shape index (κ3) is 3.20. The number of H-pyrrole nitrogens is 1. The topological polar surface area (TPSA) is 98.6 Å². The SMILES string of the molecule is N#Cc1cccc(NC(=O)c2ccc(-c3ccncc3)[nH]c2=O)c1. The number of carbonyl (C=O) groups excluding carboxylic acids is 1. The molecule has 1 amide bonds. The summed E-state index contributed by atoms with van der Waals surface area (Å²) in [4.78, 5) is 31.0. The molecule has 0 saturated carbocycles. The largest absolute Gasteiger partial charge is 0.322 e. The molecule has 0 aliphatic heterocycles. The molecule has 0 saturated heterocycles. The maximum atomic E-state index is 12.3. The summed E-state index contributed by atoms with van der Waals surface area (Å²) in [5.74, 6) is -0.535. The lowest BCUT2D eigenvalue weighted by atomic mass is 10.1. The number of benzene rings is 1. The molecule has 0 spiro atoms. The first-order valence-corrected chi connectivity index (χ1v) is 7.12. The number of aromatic amines is 1. The fourth-order valence-electron chi connectivity index (χ4n) is 2.22. The van der Waals surface area contributed by atoms with Gasteiger partial charge in [0.15, 0.2) is 0 Å². The van der Waals surface area contributed by atoms with Crippen molar-refractivity contribution in [1.82, 2.24) is 9.97 Å². The van der Waals surface area contributed by atoms with Crippen molar-refractivity contribution in [1.29, 1.82) is 5.26 Å². The number of anilines is 1. The molecule has 2 aromatic heterocycles. The Morgan fingerprint density at radius 1 is 1.12 bits per heavy atom. The minimum Gasteiger partial charge on any atom is -0.322 e. The fourth-order valence-corrected chi connectivity index (χ4v) is 2.22. The molecule has 0 bridgehead atoms. The zero-order valence-corrected chi connectivity index (χ0v) is 12.5. The minimum atomic E-state index is -0.535. The van der Waals surface area contributed by atoms with Gasteiger partial charge in [-0.05, 0) is 42.5 Å². The van der Waals surface area contributed by atoms with Crippen molar-refractivity contribution in [3.8, 4) is 17.3 Å². The van der Waals surface area contributed by atoms with E-state index in [0.717, 1.165) is 5.56 Å². The first-order chi connectivity index (χ1) is 11.7. The van der Waals surface area contributed by atoms with E-state index in [2.05, 4.69) is 15.3 Å². The van der Waals surface area contributed by atoms with Gasteiger partial charge in [0, 0.05) is 29.3 Å². The number of carbonyl (C=O) groups is 1. The summed E-state index contributed by atoms with van der Waals surface area (Å²) in [6, 6.07) is 15.1. The normalized spacial score (nSPS) is 9.96. The van der Waals surface area contributed by atoms with Crippen LogP contribution in [-0.2, 0) is 0 Å². The Hall–Kier alpha value is -3.72. The van der Waals surface area contributed by atoms with Crippen LogP contribution in [0.15, 0.2) is 65.7 Å². The molecule has 3 aromatic rings. The highest BCUT2D eigenvalue weighted by atomic mass is 16.2. The van der Waals surface area contributed by atoms with E-state index < -0.39 is 11.5 Å². The fraction of sp³-hybridized carbons (Fsp3) is 0. The molecule has 116 valence electrons. The van der Waals surface area contributed by atoms with Crippen molar-refractivity contribution >= 4 is 11.6 Å². The first-order valence-electron chi connectivity index (χ1n) is 7.12. The third-order valence-corrected chi connectivity index (χ3v) is 3.39. The predicted octanol–water partition coefficient (Wildman–Crippen LogP) is 2.56. The summed E-state index contributed by atoms with van der Waals surface area (Å²) in [6.45, 7) is 0. The van der Waals surface area contributed by atoms with Crippen LogP contribution in [0.25, 0.3) is 11.3 Å². The summed E-state index contributed by atoms with van der Waals surface area (Å²) < 4.78 is 0. The predicted molar refractivity (Wildman–Crippen MR) is 89.4 cm³/mol. The summed E-state index contributed by atoms with van der Waals surface area (Å²) in [5.41, 5.74) is 1.79. The molecule has 6 heteroatoms. The smallest absolute Gasteiger partial charge is 0.261 e. The van der Waals surface area contributed by atoms with E-state index in [-0.39, 0.29) is 5.56 Å². The van der Waals surface area contributed by atoms with Crippen LogP contribution < -0.4 is 10.9 Å². The van der Waals surface area contributed by atoms with Gasteiger partial charge < -0.3 is 10.3 Å². The van der Waals surface area contributed by atoms with Crippen molar-refractivity contribution in [3.63, 3.8) is 0 Å². The van der Waals surface area contributed by atoms with Crippen LogP contribution in [0.4, 0.5) is 5.69 Å². The molecule has 0 aliphatic carbocycles. The first kappa shape index (κ1) is 15.2. The molecule has 3 rings (SSSR count). The van der Waals surface area contributed by atoms with Crippen molar-refractivity contribution in [2.24, 2.45) is 0 Å². The van der Waals surface area contributed by atoms with Crippen LogP contribution in [0.5, 0.6) is 0 Å². The van der Waals surface area contributed by atoms with Gasteiger partial charge in [0.2, 0.25) is 0 Å². The maximum absolute atomic E-state index is 12.3. The Morgan fingerprint density at radius 3 is 2.62 bits per heavy atom. The minimum absolute atomic E-state index is 0.00448. The maximum Gasteiger partial charge on any atom is 0.261 e. The second-order valence-electron chi connectivity index (χ2n) is 5.00. The number of pyridine rings is 2. The average Bonchev–Trinajstić information content (AvgIpc) is 2.62.